The summed E-state index contributed by atoms with van der Waals surface area (Å²) in [5.41, 5.74) is 0.546. The van der Waals surface area contributed by atoms with Gasteiger partial charge in [0, 0.05) is 17.3 Å². The van der Waals surface area contributed by atoms with Gasteiger partial charge in [-0.1, -0.05) is 0 Å². The molecular formula is C14H9N3O4. The van der Waals surface area contributed by atoms with Gasteiger partial charge in [0.2, 0.25) is 0 Å². The van der Waals surface area contributed by atoms with E-state index in [1.54, 1.807) is 24.3 Å². The molecule has 2 aromatic rings. The first-order valence-electron chi connectivity index (χ1n) is 5.80. The summed E-state index contributed by atoms with van der Waals surface area (Å²) in [4.78, 5) is 21.8. The molecule has 0 spiro atoms. The summed E-state index contributed by atoms with van der Waals surface area (Å²) in [5, 5.41) is 31.3. The second-order valence-corrected chi connectivity index (χ2v) is 4.10. The smallest absolute Gasteiger partial charge is 0.310 e. The van der Waals surface area contributed by atoms with Crippen molar-refractivity contribution in [3.8, 4) is 11.8 Å². The normalized spacial score (nSPS) is 9.67. The minimum absolute atomic E-state index is 0.0856. The zero-order chi connectivity index (χ0) is 15.4. The SMILES string of the molecule is N#Cc1ccc(NC(=O)c2ccc([N+](=O)[O-])c(O)c2)cc1. The highest BCUT2D eigenvalue weighted by Crippen LogP contribution is 2.26. The molecule has 7 heteroatoms. The van der Waals surface area contributed by atoms with E-state index in [9.17, 15) is 20.0 Å². The molecule has 2 aromatic carbocycles. The van der Waals surface area contributed by atoms with Crippen LogP contribution in [0.1, 0.15) is 15.9 Å². The third-order valence-corrected chi connectivity index (χ3v) is 2.71. The first-order chi connectivity index (χ1) is 10.0. The number of phenolic OH excluding ortho intramolecular Hbond substituents is 1. The van der Waals surface area contributed by atoms with Crippen LogP contribution < -0.4 is 5.32 Å². The van der Waals surface area contributed by atoms with E-state index >= 15 is 0 Å². The van der Waals surface area contributed by atoms with Gasteiger partial charge in [0.05, 0.1) is 16.6 Å². The lowest BCUT2D eigenvalue weighted by molar-refractivity contribution is -0.385. The van der Waals surface area contributed by atoms with Gasteiger partial charge in [-0.15, -0.1) is 0 Å². The van der Waals surface area contributed by atoms with Gasteiger partial charge in [-0.3, -0.25) is 14.9 Å². The molecule has 0 saturated heterocycles. The second-order valence-electron chi connectivity index (χ2n) is 4.10. The summed E-state index contributed by atoms with van der Waals surface area (Å²) in [6, 6.07) is 11.5. The topological polar surface area (TPSA) is 116 Å². The average molecular weight is 283 g/mol. The van der Waals surface area contributed by atoms with Crippen molar-refractivity contribution in [1.82, 2.24) is 0 Å². The number of rotatable bonds is 3. The number of amides is 1. The Morgan fingerprint density at radius 1 is 1.24 bits per heavy atom. The van der Waals surface area contributed by atoms with Crippen molar-refractivity contribution in [3.63, 3.8) is 0 Å². The van der Waals surface area contributed by atoms with E-state index in [-0.39, 0.29) is 5.56 Å². The number of nitrogens with zero attached hydrogens (tertiary/aromatic N) is 2. The average Bonchev–Trinajstić information content (AvgIpc) is 2.47. The number of carbonyl (C=O) groups is 1. The molecule has 2 N–H and O–H groups in total. The van der Waals surface area contributed by atoms with Gasteiger partial charge in [0.15, 0.2) is 5.75 Å². The van der Waals surface area contributed by atoms with E-state index < -0.39 is 22.3 Å². The molecule has 0 radical (unpaired) electrons. The fourth-order valence-electron chi connectivity index (χ4n) is 1.65. The van der Waals surface area contributed by atoms with Gasteiger partial charge in [-0.05, 0) is 36.4 Å². The van der Waals surface area contributed by atoms with Crippen molar-refractivity contribution in [2.24, 2.45) is 0 Å². The van der Waals surface area contributed by atoms with E-state index in [2.05, 4.69) is 5.32 Å². The fourth-order valence-corrected chi connectivity index (χ4v) is 1.65. The van der Waals surface area contributed by atoms with Crippen molar-refractivity contribution in [1.29, 1.82) is 5.26 Å². The minimum atomic E-state index is -0.738. The Hall–Kier alpha value is -3.40. The van der Waals surface area contributed by atoms with Crippen LogP contribution in [0.3, 0.4) is 0 Å². The summed E-state index contributed by atoms with van der Waals surface area (Å²) in [5.74, 6) is -1.10. The predicted octanol–water partition coefficient (Wildman–Crippen LogP) is 2.42. The highest BCUT2D eigenvalue weighted by molar-refractivity contribution is 6.04. The molecule has 0 saturated carbocycles. The van der Waals surface area contributed by atoms with Gasteiger partial charge in [0.1, 0.15) is 0 Å². The van der Waals surface area contributed by atoms with Crippen LogP contribution in [0, 0.1) is 21.4 Å². The van der Waals surface area contributed by atoms with Crippen molar-refractivity contribution in [3.05, 3.63) is 63.7 Å². The van der Waals surface area contributed by atoms with Gasteiger partial charge in [0.25, 0.3) is 5.91 Å². The Morgan fingerprint density at radius 2 is 1.90 bits per heavy atom. The number of phenols is 1. The molecule has 0 aliphatic rings. The summed E-state index contributed by atoms with van der Waals surface area (Å²) < 4.78 is 0. The number of anilines is 1. The summed E-state index contributed by atoms with van der Waals surface area (Å²) in [6.07, 6.45) is 0. The molecule has 21 heavy (non-hydrogen) atoms. The van der Waals surface area contributed by atoms with Crippen LogP contribution in [-0.4, -0.2) is 15.9 Å². The highest BCUT2D eigenvalue weighted by Gasteiger charge is 2.16. The molecule has 0 aliphatic carbocycles. The summed E-state index contributed by atoms with van der Waals surface area (Å²) in [6.45, 7) is 0. The lowest BCUT2D eigenvalue weighted by atomic mass is 10.1. The quantitative estimate of drug-likeness (QED) is 0.662. The third-order valence-electron chi connectivity index (χ3n) is 2.71. The lowest BCUT2D eigenvalue weighted by Crippen LogP contribution is -2.11. The molecular weight excluding hydrogens is 274 g/mol. The van der Waals surface area contributed by atoms with E-state index in [4.69, 9.17) is 5.26 Å². The van der Waals surface area contributed by atoms with Crippen LogP contribution in [0.2, 0.25) is 0 Å². The summed E-state index contributed by atoms with van der Waals surface area (Å²) >= 11 is 0. The number of nitro benzene ring substituents is 1. The molecule has 0 fully saturated rings. The number of nitriles is 1. The number of nitrogens with one attached hydrogen (secondary N) is 1. The predicted molar refractivity (Wildman–Crippen MR) is 73.9 cm³/mol. The van der Waals surface area contributed by atoms with Crippen molar-refractivity contribution in [2.75, 3.05) is 5.32 Å². The molecule has 0 unspecified atom stereocenters. The number of hydrogen-bond donors (Lipinski definition) is 2. The molecule has 2 rings (SSSR count). The van der Waals surface area contributed by atoms with Gasteiger partial charge < -0.3 is 10.4 Å². The molecule has 0 aliphatic heterocycles. The molecule has 0 atom stereocenters. The number of benzene rings is 2. The molecule has 7 nitrogen and oxygen atoms in total. The number of hydrogen-bond acceptors (Lipinski definition) is 5. The Kier molecular flexibility index (Phi) is 3.81. The maximum atomic E-state index is 11.9. The first-order valence-corrected chi connectivity index (χ1v) is 5.80. The Balaban J connectivity index is 2.18. The van der Waals surface area contributed by atoms with Crippen LogP contribution >= 0.6 is 0 Å². The standard InChI is InChI=1S/C14H9N3O4/c15-8-9-1-4-11(5-2-9)16-14(19)10-3-6-12(17(20)21)13(18)7-10/h1-7,18H,(H,16,19). The number of nitro groups is 1. The molecule has 1 amide bonds. The van der Waals surface area contributed by atoms with Crippen molar-refractivity contribution in [2.45, 2.75) is 0 Å². The van der Waals surface area contributed by atoms with Crippen LogP contribution in [-0.2, 0) is 0 Å². The van der Waals surface area contributed by atoms with Gasteiger partial charge in [-0.2, -0.15) is 5.26 Å². The Labute approximate surface area is 119 Å². The highest BCUT2D eigenvalue weighted by atomic mass is 16.6. The Bertz CT molecular complexity index is 748. The van der Waals surface area contributed by atoms with Crippen LogP contribution in [0.4, 0.5) is 11.4 Å². The maximum Gasteiger partial charge on any atom is 0.310 e. The van der Waals surface area contributed by atoms with Crippen molar-refractivity contribution < 1.29 is 14.8 Å². The maximum absolute atomic E-state index is 11.9. The van der Waals surface area contributed by atoms with Crippen LogP contribution in [0.5, 0.6) is 5.75 Å². The van der Waals surface area contributed by atoms with Gasteiger partial charge >= 0.3 is 5.69 Å². The molecule has 0 bridgehead atoms. The van der Waals surface area contributed by atoms with E-state index in [1.807, 2.05) is 6.07 Å². The summed E-state index contributed by atoms with van der Waals surface area (Å²) in [7, 11) is 0. The largest absolute Gasteiger partial charge is 0.502 e. The van der Waals surface area contributed by atoms with E-state index in [1.165, 1.54) is 6.07 Å². The third kappa shape index (κ3) is 3.13. The zero-order valence-corrected chi connectivity index (χ0v) is 10.6. The molecule has 0 aromatic heterocycles. The van der Waals surface area contributed by atoms with Crippen LogP contribution in [0.25, 0.3) is 0 Å². The monoisotopic (exact) mass is 283 g/mol. The number of aromatic hydroxyl groups is 1. The lowest BCUT2D eigenvalue weighted by Gasteiger charge is -2.05. The first kappa shape index (κ1) is 14.0. The second kappa shape index (κ2) is 5.71. The van der Waals surface area contributed by atoms with Crippen molar-refractivity contribution >= 4 is 17.3 Å². The van der Waals surface area contributed by atoms with Gasteiger partial charge in [-0.25, -0.2) is 0 Å². The Morgan fingerprint density at radius 3 is 2.43 bits per heavy atom. The van der Waals surface area contributed by atoms with Crippen LogP contribution in [0.15, 0.2) is 42.5 Å². The number of carbonyl (C=O) groups excluding carboxylic acids is 1. The van der Waals surface area contributed by atoms with E-state index in [0.717, 1.165) is 12.1 Å². The van der Waals surface area contributed by atoms with E-state index in [0.29, 0.717) is 11.3 Å². The fraction of sp³-hybridized carbons (Fsp3) is 0. The molecule has 104 valence electrons. The minimum Gasteiger partial charge on any atom is -0.502 e. The molecule has 0 heterocycles. The zero-order valence-electron chi connectivity index (χ0n) is 10.6.